The number of imidazole rings is 1. The van der Waals surface area contributed by atoms with Crippen LogP contribution in [0, 0.1) is 13.8 Å². The van der Waals surface area contributed by atoms with Crippen LogP contribution >= 0.6 is 0 Å². The molecule has 0 amide bonds. The Morgan fingerprint density at radius 3 is 2.63 bits per heavy atom. The Morgan fingerprint density at radius 2 is 1.84 bits per heavy atom. The average Bonchev–Trinajstić information content (AvgIpc) is 2.74. The lowest BCUT2D eigenvalue weighted by atomic mass is 10.2. The maximum atomic E-state index is 4.53. The van der Waals surface area contributed by atoms with Crippen LogP contribution in [0.5, 0.6) is 0 Å². The van der Waals surface area contributed by atoms with Gasteiger partial charge < -0.3 is 9.72 Å². The molecule has 0 bridgehead atoms. The molecule has 96 valence electrons. The Labute approximate surface area is 112 Å². The molecule has 3 heteroatoms. The van der Waals surface area contributed by atoms with Gasteiger partial charge in [0, 0.05) is 12.7 Å². The molecule has 0 fully saturated rings. The van der Waals surface area contributed by atoms with E-state index >= 15 is 0 Å². The number of hydrogen-bond acceptors (Lipinski definition) is 2. The highest BCUT2D eigenvalue weighted by Crippen LogP contribution is 2.22. The Bertz CT molecular complexity index is 699. The zero-order chi connectivity index (χ0) is 13.2. The Kier molecular flexibility index (Phi) is 2.95. The van der Waals surface area contributed by atoms with Crippen molar-refractivity contribution >= 4 is 11.2 Å². The van der Waals surface area contributed by atoms with Gasteiger partial charge in [-0.05, 0) is 31.5 Å². The molecular formula is C16H17N3. The molecule has 0 radical (unpaired) electrons. The number of nitrogens with one attached hydrogen (secondary N) is 1. The van der Waals surface area contributed by atoms with Gasteiger partial charge in [0.2, 0.25) is 0 Å². The third-order valence-corrected chi connectivity index (χ3v) is 3.34. The minimum atomic E-state index is 0.824. The van der Waals surface area contributed by atoms with Crippen molar-refractivity contribution in [2.75, 3.05) is 5.32 Å². The van der Waals surface area contributed by atoms with Crippen LogP contribution < -0.4 is 5.32 Å². The molecule has 1 aromatic carbocycles. The van der Waals surface area contributed by atoms with Gasteiger partial charge in [-0.3, -0.25) is 0 Å². The minimum Gasteiger partial charge on any atom is -0.379 e. The largest absolute Gasteiger partial charge is 0.379 e. The van der Waals surface area contributed by atoms with Crippen LogP contribution in [0.25, 0.3) is 5.52 Å². The van der Waals surface area contributed by atoms with Crippen molar-refractivity contribution in [1.82, 2.24) is 9.38 Å². The van der Waals surface area contributed by atoms with Gasteiger partial charge in [-0.25, -0.2) is 4.98 Å². The Balaban J connectivity index is 1.93. The van der Waals surface area contributed by atoms with Crippen molar-refractivity contribution in [3.63, 3.8) is 0 Å². The number of nitrogens with zero attached hydrogens (tertiary/aromatic N) is 2. The van der Waals surface area contributed by atoms with Crippen LogP contribution in [-0.4, -0.2) is 9.38 Å². The highest BCUT2D eigenvalue weighted by Gasteiger charge is 2.08. The summed E-state index contributed by atoms with van der Waals surface area (Å²) < 4.78 is 2.13. The SMILES string of the molecule is Cc1nc(C)n2cccc(NCc3ccccc3)c12. The number of benzene rings is 1. The summed E-state index contributed by atoms with van der Waals surface area (Å²) in [6, 6.07) is 14.6. The molecule has 0 unspecified atom stereocenters. The first-order valence-electron chi connectivity index (χ1n) is 6.48. The molecule has 0 aliphatic carbocycles. The van der Waals surface area contributed by atoms with E-state index in [0.717, 1.165) is 29.3 Å². The number of anilines is 1. The fourth-order valence-corrected chi connectivity index (χ4v) is 2.43. The fourth-order valence-electron chi connectivity index (χ4n) is 2.43. The monoisotopic (exact) mass is 251 g/mol. The Morgan fingerprint density at radius 1 is 1.05 bits per heavy atom. The summed E-state index contributed by atoms with van der Waals surface area (Å²) in [5, 5.41) is 3.50. The van der Waals surface area contributed by atoms with E-state index < -0.39 is 0 Å². The molecule has 3 nitrogen and oxygen atoms in total. The minimum absolute atomic E-state index is 0.824. The second-order valence-electron chi connectivity index (χ2n) is 4.72. The van der Waals surface area contributed by atoms with Gasteiger partial charge in [0.1, 0.15) is 5.82 Å². The highest BCUT2D eigenvalue weighted by molar-refractivity contribution is 5.74. The molecule has 3 rings (SSSR count). The van der Waals surface area contributed by atoms with Crippen molar-refractivity contribution in [3.8, 4) is 0 Å². The molecule has 0 saturated carbocycles. The van der Waals surface area contributed by atoms with E-state index in [0.29, 0.717) is 0 Å². The standard InChI is InChI=1S/C16H17N3/c1-12-16-15(9-6-10-19(16)13(2)18-12)17-11-14-7-4-3-5-8-14/h3-10,17H,11H2,1-2H3. The van der Waals surface area contributed by atoms with Crippen LogP contribution in [0.3, 0.4) is 0 Å². The highest BCUT2D eigenvalue weighted by atomic mass is 15.0. The number of aryl methyl sites for hydroxylation is 2. The lowest BCUT2D eigenvalue weighted by Gasteiger charge is -2.09. The van der Waals surface area contributed by atoms with Gasteiger partial charge in [-0.2, -0.15) is 0 Å². The number of aromatic nitrogens is 2. The van der Waals surface area contributed by atoms with Gasteiger partial charge in [0.15, 0.2) is 0 Å². The van der Waals surface area contributed by atoms with Crippen LogP contribution in [0.1, 0.15) is 17.1 Å². The van der Waals surface area contributed by atoms with E-state index in [1.54, 1.807) is 0 Å². The van der Waals surface area contributed by atoms with E-state index in [4.69, 9.17) is 0 Å². The second-order valence-corrected chi connectivity index (χ2v) is 4.72. The van der Waals surface area contributed by atoms with Gasteiger partial charge in [0.25, 0.3) is 0 Å². The maximum Gasteiger partial charge on any atom is 0.110 e. The van der Waals surface area contributed by atoms with Crippen LogP contribution in [-0.2, 0) is 6.54 Å². The van der Waals surface area contributed by atoms with Gasteiger partial charge >= 0.3 is 0 Å². The van der Waals surface area contributed by atoms with Gasteiger partial charge in [-0.1, -0.05) is 30.3 Å². The van der Waals surface area contributed by atoms with Gasteiger partial charge in [0.05, 0.1) is 16.9 Å². The quantitative estimate of drug-likeness (QED) is 0.771. The normalized spacial score (nSPS) is 10.8. The lowest BCUT2D eigenvalue weighted by molar-refractivity contribution is 1.04. The topological polar surface area (TPSA) is 29.3 Å². The zero-order valence-electron chi connectivity index (χ0n) is 11.2. The van der Waals surface area contributed by atoms with Crippen molar-refractivity contribution in [3.05, 3.63) is 65.7 Å². The molecule has 3 aromatic rings. The van der Waals surface area contributed by atoms with E-state index in [1.807, 2.05) is 13.0 Å². The molecule has 19 heavy (non-hydrogen) atoms. The van der Waals surface area contributed by atoms with Gasteiger partial charge in [-0.15, -0.1) is 0 Å². The van der Waals surface area contributed by atoms with Crippen molar-refractivity contribution in [1.29, 1.82) is 0 Å². The first kappa shape index (κ1) is 11.8. The van der Waals surface area contributed by atoms with Crippen molar-refractivity contribution in [2.45, 2.75) is 20.4 Å². The molecule has 2 aromatic heterocycles. The van der Waals surface area contributed by atoms with E-state index in [1.165, 1.54) is 5.56 Å². The molecule has 2 heterocycles. The van der Waals surface area contributed by atoms with Crippen molar-refractivity contribution < 1.29 is 0 Å². The number of fused-ring (bicyclic) bond motifs is 1. The van der Waals surface area contributed by atoms with E-state index in [2.05, 4.69) is 64.2 Å². The summed E-state index contributed by atoms with van der Waals surface area (Å²) >= 11 is 0. The molecule has 1 N–H and O–H groups in total. The predicted molar refractivity (Wildman–Crippen MR) is 78.4 cm³/mol. The number of hydrogen-bond donors (Lipinski definition) is 1. The Hall–Kier alpha value is -2.29. The predicted octanol–water partition coefficient (Wildman–Crippen LogP) is 3.56. The van der Waals surface area contributed by atoms with Crippen LogP contribution in [0.15, 0.2) is 48.7 Å². The summed E-state index contributed by atoms with van der Waals surface area (Å²) in [6.07, 6.45) is 2.05. The molecule has 0 aliphatic heterocycles. The smallest absolute Gasteiger partial charge is 0.110 e. The maximum absolute atomic E-state index is 4.53. The second kappa shape index (κ2) is 4.76. The summed E-state index contributed by atoms with van der Waals surface area (Å²) in [4.78, 5) is 4.53. The van der Waals surface area contributed by atoms with Crippen LogP contribution in [0.4, 0.5) is 5.69 Å². The first-order valence-corrected chi connectivity index (χ1v) is 6.48. The number of rotatable bonds is 3. The molecule has 0 saturated heterocycles. The third-order valence-electron chi connectivity index (χ3n) is 3.34. The first-order chi connectivity index (χ1) is 9.25. The third kappa shape index (κ3) is 2.19. The lowest BCUT2D eigenvalue weighted by Crippen LogP contribution is -2.01. The summed E-state index contributed by atoms with van der Waals surface area (Å²) in [7, 11) is 0. The summed E-state index contributed by atoms with van der Waals surface area (Å²) in [5.41, 5.74) is 4.63. The summed E-state index contributed by atoms with van der Waals surface area (Å²) in [6.45, 7) is 4.90. The summed E-state index contributed by atoms with van der Waals surface area (Å²) in [5.74, 6) is 1.02. The fraction of sp³-hybridized carbons (Fsp3) is 0.188. The number of pyridine rings is 1. The van der Waals surface area contributed by atoms with Crippen molar-refractivity contribution in [2.24, 2.45) is 0 Å². The van der Waals surface area contributed by atoms with Crippen LogP contribution in [0.2, 0.25) is 0 Å². The molecular weight excluding hydrogens is 234 g/mol. The average molecular weight is 251 g/mol. The van der Waals surface area contributed by atoms with E-state index in [9.17, 15) is 0 Å². The zero-order valence-corrected chi connectivity index (χ0v) is 11.2. The van der Waals surface area contributed by atoms with E-state index in [-0.39, 0.29) is 0 Å². The molecule has 0 atom stereocenters. The molecule has 0 spiro atoms. The molecule has 0 aliphatic rings.